The SMILES string of the molecule is Cc1cc(C)nc(/N=C(\NC(=O)Nc2ccccc2)N2CCN(c3ccccc3)CC2)n1. The van der Waals surface area contributed by atoms with Crippen LogP contribution in [-0.4, -0.2) is 53.0 Å². The first kappa shape index (κ1) is 21.3. The number of rotatable bonds is 3. The molecule has 1 aromatic heterocycles. The molecular weight excluding hydrogens is 402 g/mol. The number of anilines is 2. The number of amides is 2. The zero-order valence-corrected chi connectivity index (χ0v) is 18.3. The summed E-state index contributed by atoms with van der Waals surface area (Å²) in [5, 5.41) is 5.75. The lowest BCUT2D eigenvalue weighted by molar-refractivity contribution is 0.254. The molecule has 8 heteroatoms. The lowest BCUT2D eigenvalue weighted by atomic mass is 10.2. The molecular formula is C24H27N7O. The van der Waals surface area contributed by atoms with Crippen molar-refractivity contribution in [2.45, 2.75) is 13.8 Å². The normalized spacial score (nSPS) is 14.2. The molecule has 0 aliphatic carbocycles. The number of hydrogen-bond donors (Lipinski definition) is 2. The molecule has 0 radical (unpaired) electrons. The maximum absolute atomic E-state index is 12.7. The number of nitrogens with one attached hydrogen (secondary N) is 2. The minimum atomic E-state index is -0.357. The molecule has 2 aromatic carbocycles. The minimum absolute atomic E-state index is 0.336. The smallest absolute Gasteiger partial charge is 0.326 e. The van der Waals surface area contributed by atoms with Crippen molar-refractivity contribution in [1.82, 2.24) is 20.2 Å². The molecule has 1 saturated heterocycles. The third kappa shape index (κ3) is 5.60. The molecule has 0 spiro atoms. The van der Waals surface area contributed by atoms with Gasteiger partial charge in [0.2, 0.25) is 5.96 Å². The van der Waals surface area contributed by atoms with Gasteiger partial charge < -0.3 is 15.1 Å². The van der Waals surface area contributed by atoms with Crippen molar-refractivity contribution < 1.29 is 4.79 Å². The number of aryl methyl sites for hydroxylation is 2. The van der Waals surface area contributed by atoms with Crippen molar-refractivity contribution in [2.24, 2.45) is 4.99 Å². The molecule has 32 heavy (non-hydrogen) atoms. The van der Waals surface area contributed by atoms with Crippen LogP contribution in [0.5, 0.6) is 0 Å². The highest BCUT2D eigenvalue weighted by Crippen LogP contribution is 2.16. The van der Waals surface area contributed by atoms with E-state index in [0.717, 1.165) is 24.5 Å². The quantitative estimate of drug-likeness (QED) is 0.490. The highest BCUT2D eigenvalue weighted by molar-refractivity contribution is 6.03. The number of carbonyl (C=O) groups is 1. The number of aromatic nitrogens is 2. The molecule has 2 heterocycles. The Morgan fingerprint density at radius 1 is 0.875 bits per heavy atom. The number of piperazine rings is 1. The highest BCUT2D eigenvalue weighted by Gasteiger charge is 2.22. The average molecular weight is 430 g/mol. The van der Waals surface area contributed by atoms with Crippen molar-refractivity contribution in [3.63, 3.8) is 0 Å². The maximum Gasteiger partial charge on any atom is 0.326 e. The van der Waals surface area contributed by atoms with Gasteiger partial charge in [-0.15, -0.1) is 0 Å². The number of urea groups is 1. The second-order valence-corrected chi connectivity index (χ2v) is 7.64. The van der Waals surface area contributed by atoms with Gasteiger partial charge in [0.25, 0.3) is 5.95 Å². The van der Waals surface area contributed by atoms with E-state index in [1.807, 2.05) is 68.4 Å². The second-order valence-electron chi connectivity index (χ2n) is 7.64. The second kappa shape index (κ2) is 9.91. The van der Waals surface area contributed by atoms with Crippen LogP contribution in [0.4, 0.5) is 22.1 Å². The van der Waals surface area contributed by atoms with E-state index < -0.39 is 0 Å². The molecule has 0 bridgehead atoms. The van der Waals surface area contributed by atoms with Crippen molar-refractivity contribution in [3.8, 4) is 0 Å². The average Bonchev–Trinajstić information content (AvgIpc) is 2.79. The summed E-state index contributed by atoms with van der Waals surface area (Å²) in [5.41, 5.74) is 3.57. The standard InChI is InChI=1S/C24H27N7O/c1-18-17-19(2)26-22(25-18)28-23(29-24(32)27-20-9-5-3-6-10-20)31-15-13-30(14-16-31)21-11-7-4-8-12-21/h3-12,17H,13-16H2,1-2H3,(H2,25,26,27,28,29,32). The minimum Gasteiger partial charge on any atom is -0.368 e. The topological polar surface area (TPSA) is 85.7 Å². The largest absolute Gasteiger partial charge is 0.368 e. The van der Waals surface area contributed by atoms with Crippen LogP contribution in [0.15, 0.2) is 71.7 Å². The first-order chi connectivity index (χ1) is 15.6. The van der Waals surface area contributed by atoms with Gasteiger partial charge in [-0.05, 0) is 44.2 Å². The van der Waals surface area contributed by atoms with E-state index in [-0.39, 0.29) is 6.03 Å². The fourth-order valence-electron chi connectivity index (χ4n) is 3.63. The molecule has 4 rings (SSSR count). The first-order valence-electron chi connectivity index (χ1n) is 10.7. The van der Waals surface area contributed by atoms with E-state index in [9.17, 15) is 4.79 Å². The van der Waals surface area contributed by atoms with Gasteiger partial charge in [0.1, 0.15) is 0 Å². The summed E-state index contributed by atoms with van der Waals surface area (Å²) in [6, 6.07) is 21.2. The predicted octanol–water partition coefficient (Wildman–Crippen LogP) is 3.72. The van der Waals surface area contributed by atoms with Gasteiger partial charge in [0, 0.05) is 48.9 Å². The van der Waals surface area contributed by atoms with Crippen LogP contribution in [0, 0.1) is 13.8 Å². The van der Waals surface area contributed by atoms with E-state index in [2.05, 4.69) is 47.5 Å². The number of carbonyl (C=O) groups excluding carboxylic acids is 1. The molecule has 8 nitrogen and oxygen atoms in total. The van der Waals surface area contributed by atoms with Gasteiger partial charge in [0.05, 0.1) is 0 Å². The summed E-state index contributed by atoms with van der Waals surface area (Å²) in [6.45, 7) is 6.87. The molecule has 3 aromatic rings. The number of guanidine groups is 1. The molecule has 1 aliphatic heterocycles. The van der Waals surface area contributed by atoms with E-state index in [0.29, 0.717) is 30.7 Å². The van der Waals surface area contributed by atoms with Crippen molar-refractivity contribution >= 4 is 29.3 Å². The summed E-state index contributed by atoms with van der Waals surface area (Å²) in [4.78, 5) is 30.5. The van der Waals surface area contributed by atoms with Crippen molar-refractivity contribution in [2.75, 3.05) is 36.4 Å². The van der Waals surface area contributed by atoms with Crippen LogP contribution in [0.3, 0.4) is 0 Å². The first-order valence-corrected chi connectivity index (χ1v) is 10.7. The van der Waals surface area contributed by atoms with Crippen LogP contribution < -0.4 is 15.5 Å². The van der Waals surface area contributed by atoms with E-state index in [4.69, 9.17) is 0 Å². The zero-order valence-electron chi connectivity index (χ0n) is 18.3. The Morgan fingerprint density at radius 3 is 2.09 bits per heavy atom. The third-order valence-electron chi connectivity index (χ3n) is 5.13. The van der Waals surface area contributed by atoms with Crippen LogP contribution in [0.1, 0.15) is 11.4 Å². The van der Waals surface area contributed by atoms with Gasteiger partial charge in [-0.3, -0.25) is 5.32 Å². The number of benzene rings is 2. The van der Waals surface area contributed by atoms with Gasteiger partial charge in [-0.25, -0.2) is 14.8 Å². The number of hydrogen-bond acceptors (Lipinski definition) is 5. The van der Waals surface area contributed by atoms with Gasteiger partial charge in [0.15, 0.2) is 0 Å². The molecule has 2 N–H and O–H groups in total. The Morgan fingerprint density at radius 2 is 1.47 bits per heavy atom. The lowest BCUT2D eigenvalue weighted by Crippen LogP contribution is -2.54. The Balaban J connectivity index is 1.52. The molecule has 0 unspecified atom stereocenters. The molecule has 1 aliphatic rings. The molecule has 164 valence electrons. The Labute approximate surface area is 188 Å². The number of nitrogens with zero attached hydrogens (tertiary/aromatic N) is 5. The predicted molar refractivity (Wildman–Crippen MR) is 127 cm³/mol. The van der Waals surface area contributed by atoms with E-state index >= 15 is 0 Å². The Kier molecular flexibility index (Phi) is 6.60. The van der Waals surface area contributed by atoms with Crippen molar-refractivity contribution in [1.29, 1.82) is 0 Å². The molecule has 1 fully saturated rings. The summed E-state index contributed by atoms with van der Waals surface area (Å²) in [7, 11) is 0. The highest BCUT2D eigenvalue weighted by atomic mass is 16.2. The summed E-state index contributed by atoms with van der Waals surface area (Å²) >= 11 is 0. The fraction of sp³-hybridized carbons (Fsp3) is 0.250. The van der Waals surface area contributed by atoms with Gasteiger partial charge >= 0.3 is 6.03 Å². The van der Waals surface area contributed by atoms with Gasteiger partial charge in [-0.2, -0.15) is 4.99 Å². The Bertz CT molecular complexity index is 1060. The van der Waals surface area contributed by atoms with Crippen LogP contribution in [-0.2, 0) is 0 Å². The monoisotopic (exact) mass is 429 g/mol. The third-order valence-corrected chi connectivity index (χ3v) is 5.13. The summed E-state index contributed by atoms with van der Waals surface area (Å²) in [5.74, 6) is 0.777. The van der Waals surface area contributed by atoms with E-state index in [1.54, 1.807) is 0 Å². The van der Waals surface area contributed by atoms with Crippen molar-refractivity contribution in [3.05, 3.63) is 78.1 Å². The molecule has 2 amide bonds. The molecule has 0 saturated carbocycles. The van der Waals surface area contributed by atoms with Gasteiger partial charge in [-0.1, -0.05) is 36.4 Å². The van der Waals surface area contributed by atoms with E-state index in [1.165, 1.54) is 5.69 Å². The zero-order chi connectivity index (χ0) is 22.3. The maximum atomic E-state index is 12.7. The number of para-hydroxylation sites is 2. The van der Waals surface area contributed by atoms with Crippen LogP contribution in [0.25, 0.3) is 0 Å². The lowest BCUT2D eigenvalue weighted by Gasteiger charge is -2.37. The van der Waals surface area contributed by atoms with Crippen LogP contribution >= 0.6 is 0 Å². The fourth-order valence-corrected chi connectivity index (χ4v) is 3.63. The summed E-state index contributed by atoms with van der Waals surface area (Å²) in [6.07, 6.45) is 0. The summed E-state index contributed by atoms with van der Waals surface area (Å²) < 4.78 is 0. The van der Waals surface area contributed by atoms with Crippen LogP contribution in [0.2, 0.25) is 0 Å². The number of aliphatic imine (C=N–C) groups is 1. The molecule has 0 atom stereocenters. The Hall–Kier alpha value is -3.94.